The summed E-state index contributed by atoms with van der Waals surface area (Å²) >= 11 is 0. The molecular formula is C23H25N3O5. The van der Waals surface area contributed by atoms with Crippen molar-refractivity contribution in [3.8, 4) is 0 Å². The van der Waals surface area contributed by atoms with E-state index in [1.165, 1.54) is 6.07 Å². The number of nitro benzene ring substituents is 1. The van der Waals surface area contributed by atoms with E-state index in [1.54, 1.807) is 30.3 Å². The molecule has 8 nitrogen and oxygen atoms in total. The van der Waals surface area contributed by atoms with Crippen molar-refractivity contribution in [2.75, 3.05) is 18.0 Å². The van der Waals surface area contributed by atoms with E-state index in [9.17, 15) is 19.7 Å². The molecule has 2 fully saturated rings. The number of carbonyl (C=O) groups is 2. The van der Waals surface area contributed by atoms with E-state index < -0.39 is 17.0 Å². The first-order chi connectivity index (χ1) is 15.0. The van der Waals surface area contributed by atoms with Crippen LogP contribution in [0.25, 0.3) is 0 Å². The number of benzene rings is 2. The fourth-order valence-electron chi connectivity index (χ4n) is 3.86. The Morgan fingerprint density at radius 1 is 1.00 bits per heavy atom. The van der Waals surface area contributed by atoms with Gasteiger partial charge in [-0.2, -0.15) is 0 Å². The van der Waals surface area contributed by atoms with Crippen LogP contribution in [0.3, 0.4) is 0 Å². The molecule has 162 valence electrons. The SMILES string of the molecule is O=C(O[C@@H](C(=O)NC1CC1)c1ccccc1)C1CCN(c2ccccc2[N+](=O)[O-])CC1. The number of nitrogens with zero attached hydrogens (tertiary/aromatic N) is 2. The number of esters is 1. The van der Waals surface area contributed by atoms with Gasteiger partial charge in [-0.3, -0.25) is 19.7 Å². The zero-order chi connectivity index (χ0) is 21.8. The molecule has 1 saturated heterocycles. The number of ether oxygens (including phenoxy) is 1. The number of nitrogens with one attached hydrogen (secondary N) is 1. The Hall–Kier alpha value is -3.42. The maximum Gasteiger partial charge on any atom is 0.310 e. The van der Waals surface area contributed by atoms with E-state index in [2.05, 4.69) is 5.32 Å². The Morgan fingerprint density at radius 2 is 1.65 bits per heavy atom. The number of nitro groups is 1. The van der Waals surface area contributed by atoms with Crippen molar-refractivity contribution in [2.24, 2.45) is 5.92 Å². The van der Waals surface area contributed by atoms with Gasteiger partial charge in [0.2, 0.25) is 6.10 Å². The first kappa shape index (κ1) is 20.8. The number of para-hydroxylation sites is 2. The standard InChI is InChI=1S/C23H25N3O5/c27-22(24-18-10-11-18)21(16-6-2-1-3-7-16)31-23(28)17-12-14-25(15-13-17)19-8-4-5-9-20(19)26(29)30/h1-9,17-18,21H,10-15H2,(H,24,27)/t21-/m1/s1. The molecule has 2 aromatic carbocycles. The van der Waals surface area contributed by atoms with Crippen LogP contribution in [0.2, 0.25) is 0 Å². The lowest BCUT2D eigenvalue weighted by atomic mass is 9.96. The summed E-state index contributed by atoms with van der Waals surface area (Å²) in [4.78, 5) is 38.4. The van der Waals surface area contributed by atoms with Crippen LogP contribution >= 0.6 is 0 Å². The van der Waals surface area contributed by atoms with E-state index >= 15 is 0 Å². The Labute approximate surface area is 180 Å². The molecule has 0 bridgehead atoms. The van der Waals surface area contributed by atoms with Crippen molar-refractivity contribution in [3.63, 3.8) is 0 Å². The van der Waals surface area contributed by atoms with Crippen LogP contribution in [0, 0.1) is 16.0 Å². The number of hydrogen-bond donors (Lipinski definition) is 1. The molecule has 0 unspecified atom stereocenters. The van der Waals surface area contributed by atoms with E-state index in [-0.39, 0.29) is 23.6 Å². The van der Waals surface area contributed by atoms with Crippen molar-refractivity contribution >= 4 is 23.3 Å². The van der Waals surface area contributed by atoms with Gasteiger partial charge in [-0.15, -0.1) is 0 Å². The zero-order valence-electron chi connectivity index (χ0n) is 17.1. The van der Waals surface area contributed by atoms with Crippen LogP contribution in [0.5, 0.6) is 0 Å². The topological polar surface area (TPSA) is 102 Å². The van der Waals surface area contributed by atoms with Crippen LogP contribution in [-0.4, -0.2) is 35.9 Å². The van der Waals surface area contributed by atoms with Gasteiger partial charge >= 0.3 is 5.97 Å². The lowest BCUT2D eigenvalue weighted by Gasteiger charge is -2.32. The fraction of sp³-hybridized carbons (Fsp3) is 0.391. The molecule has 0 radical (unpaired) electrons. The quantitative estimate of drug-likeness (QED) is 0.416. The third-order valence-electron chi connectivity index (χ3n) is 5.75. The van der Waals surface area contributed by atoms with Crippen molar-refractivity contribution in [3.05, 3.63) is 70.3 Å². The lowest BCUT2D eigenvalue weighted by molar-refractivity contribution is -0.384. The molecule has 1 amide bonds. The van der Waals surface area contributed by atoms with Gasteiger partial charge in [-0.25, -0.2) is 0 Å². The average molecular weight is 423 g/mol. The second-order valence-corrected chi connectivity index (χ2v) is 8.02. The molecule has 1 heterocycles. The number of carbonyl (C=O) groups excluding carboxylic acids is 2. The average Bonchev–Trinajstić information content (AvgIpc) is 3.62. The van der Waals surface area contributed by atoms with E-state index in [4.69, 9.17) is 4.74 Å². The highest BCUT2D eigenvalue weighted by Crippen LogP contribution is 2.32. The molecule has 0 aromatic heterocycles. The van der Waals surface area contributed by atoms with Gasteiger partial charge in [0, 0.05) is 30.8 Å². The molecule has 31 heavy (non-hydrogen) atoms. The Bertz CT molecular complexity index is 953. The third-order valence-corrected chi connectivity index (χ3v) is 5.75. The van der Waals surface area contributed by atoms with Crippen molar-refractivity contribution in [2.45, 2.75) is 37.8 Å². The number of amides is 1. The Balaban J connectivity index is 1.40. The molecule has 1 N–H and O–H groups in total. The number of hydrogen-bond acceptors (Lipinski definition) is 6. The number of anilines is 1. The van der Waals surface area contributed by atoms with Gasteiger partial charge in [-0.1, -0.05) is 42.5 Å². The second kappa shape index (κ2) is 9.16. The summed E-state index contributed by atoms with van der Waals surface area (Å²) in [6, 6.07) is 15.8. The van der Waals surface area contributed by atoms with Crippen molar-refractivity contribution in [1.82, 2.24) is 5.32 Å². The minimum absolute atomic E-state index is 0.0596. The minimum atomic E-state index is -0.970. The van der Waals surface area contributed by atoms with Crippen LogP contribution in [0.4, 0.5) is 11.4 Å². The minimum Gasteiger partial charge on any atom is -0.447 e. The van der Waals surface area contributed by atoms with Gasteiger partial charge in [0.25, 0.3) is 11.6 Å². The molecule has 1 aliphatic heterocycles. The highest BCUT2D eigenvalue weighted by Gasteiger charge is 2.34. The summed E-state index contributed by atoms with van der Waals surface area (Å²) in [5.41, 5.74) is 1.26. The fourth-order valence-corrected chi connectivity index (χ4v) is 3.86. The monoisotopic (exact) mass is 423 g/mol. The van der Waals surface area contributed by atoms with Gasteiger partial charge in [0.1, 0.15) is 5.69 Å². The van der Waals surface area contributed by atoms with Crippen LogP contribution < -0.4 is 10.2 Å². The molecule has 1 atom stereocenters. The van der Waals surface area contributed by atoms with Crippen LogP contribution in [0.1, 0.15) is 37.4 Å². The molecule has 4 rings (SSSR count). The summed E-state index contributed by atoms with van der Waals surface area (Å²) in [6.45, 7) is 1.02. The molecule has 8 heteroatoms. The van der Waals surface area contributed by atoms with Crippen molar-refractivity contribution < 1.29 is 19.2 Å². The molecular weight excluding hydrogens is 398 g/mol. The molecule has 2 aliphatic rings. The van der Waals surface area contributed by atoms with Crippen LogP contribution in [-0.2, 0) is 14.3 Å². The zero-order valence-corrected chi connectivity index (χ0v) is 17.1. The molecule has 0 spiro atoms. The maximum absolute atomic E-state index is 12.9. The first-order valence-electron chi connectivity index (χ1n) is 10.6. The van der Waals surface area contributed by atoms with E-state index in [1.807, 2.05) is 23.1 Å². The van der Waals surface area contributed by atoms with Gasteiger partial charge in [0.05, 0.1) is 10.8 Å². The van der Waals surface area contributed by atoms with E-state index in [0.29, 0.717) is 37.2 Å². The Kier molecular flexibility index (Phi) is 6.16. The summed E-state index contributed by atoms with van der Waals surface area (Å²) in [5.74, 6) is -1.04. The molecule has 1 saturated carbocycles. The summed E-state index contributed by atoms with van der Waals surface area (Å²) in [5, 5.41) is 14.2. The van der Waals surface area contributed by atoms with Crippen LogP contribution in [0.15, 0.2) is 54.6 Å². The second-order valence-electron chi connectivity index (χ2n) is 8.02. The Morgan fingerprint density at radius 3 is 2.29 bits per heavy atom. The van der Waals surface area contributed by atoms with Gasteiger partial charge in [0.15, 0.2) is 0 Å². The normalized spacial score (nSPS) is 17.6. The van der Waals surface area contributed by atoms with Crippen molar-refractivity contribution in [1.29, 1.82) is 0 Å². The first-order valence-corrected chi connectivity index (χ1v) is 10.6. The molecule has 1 aliphatic carbocycles. The predicted octanol–water partition coefficient (Wildman–Crippen LogP) is 3.37. The smallest absolute Gasteiger partial charge is 0.310 e. The summed E-state index contributed by atoms with van der Waals surface area (Å²) in [7, 11) is 0. The highest BCUT2D eigenvalue weighted by molar-refractivity contribution is 5.86. The van der Waals surface area contributed by atoms with Gasteiger partial charge < -0.3 is 15.0 Å². The predicted molar refractivity (Wildman–Crippen MR) is 114 cm³/mol. The number of piperidine rings is 1. The largest absolute Gasteiger partial charge is 0.447 e. The van der Waals surface area contributed by atoms with E-state index in [0.717, 1.165) is 12.8 Å². The maximum atomic E-state index is 12.9. The third kappa shape index (κ3) is 5.02. The lowest BCUT2D eigenvalue weighted by Crippen LogP contribution is -2.39. The summed E-state index contributed by atoms with van der Waals surface area (Å²) in [6.07, 6.45) is 1.95. The number of rotatable bonds is 7. The highest BCUT2D eigenvalue weighted by atomic mass is 16.6. The summed E-state index contributed by atoms with van der Waals surface area (Å²) < 4.78 is 5.69. The van der Waals surface area contributed by atoms with Gasteiger partial charge in [-0.05, 0) is 31.7 Å². The molecule has 2 aromatic rings.